The lowest BCUT2D eigenvalue weighted by Crippen LogP contribution is -1.93. The Balaban J connectivity index is 3.20. The van der Waals surface area contributed by atoms with Gasteiger partial charge >= 0.3 is 0 Å². The highest BCUT2D eigenvalue weighted by atomic mass is 79.9. The fourth-order valence-corrected chi connectivity index (χ4v) is 1.68. The second-order valence-electron chi connectivity index (χ2n) is 2.54. The minimum absolute atomic E-state index is 0.0943. The van der Waals surface area contributed by atoms with Crippen LogP contribution in [-0.2, 0) is 0 Å². The van der Waals surface area contributed by atoms with Gasteiger partial charge in [0, 0.05) is 10.0 Å². The highest BCUT2D eigenvalue weighted by Crippen LogP contribution is 2.18. The zero-order chi connectivity index (χ0) is 8.43. The molecule has 1 nitrogen and oxygen atoms in total. The van der Waals surface area contributed by atoms with Crippen LogP contribution in [0.15, 0.2) is 22.7 Å². The lowest BCUT2D eigenvalue weighted by atomic mass is 10.1. The van der Waals surface area contributed by atoms with Crippen molar-refractivity contribution in [3.63, 3.8) is 0 Å². The molecule has 0 atom stereocenters. The van der Waals surface area contributed by atoms with Crippen molar-refractivity contribution in [2.45, 2.75) is 13.8 Å². The largest absolute Gasteiger partial charge is 0.294 e. The summed E-state index contributed by atoms with van der Waals surface area (Å²) in [6, 6.07) is 5.71. The maximum absolute atomic E-state index is 10.9. The van der Waals surface area contributed by atoms with Crippen LogP contribution in [-0.4, -0.2) is 5.78 Å². The molecule has 58 valence electrons. The van der Waals surface area contributed by atoms with Gasteiger partial charge in [-0.1, -0.05) is 28.1 Å². The van der Waals surface area contributed by atoms with E-state index in [1.165, 1.54) is 0 Å². The van der Waals surface area contributed by atoms with Gasteiger partial charge in [-0.25, -0.2) is 0 Å². The summed E-state index contributed by atoms with van der Waals surface area (Å²) < 4.78 is 0.880. The summed E-state index contributed by atoms with van der Waals surface area (Å²) in [7, 11) is 0. The smallest absolute Gasteiger partial charge is 0.160 e. The molecule has 0 unspecified atom stereocenters. The van der Waals surface area contributed by atoms with Crippen LogP contribution >= 0.6 is 15.9 Å². The Morgan fingerprint density at radius 3 is 2.55 bits per heavy atom. The number of ketones is 1. The fraction of sp³-hybridized carbons (Fsp3) is 0.222. The van der Waals surface area contributed by atoms with E-state index in [0.29, 0.717) is 0 Å². The van der Waals surface area contributed by atoms with Crippen LogP contribution in [0.5, 0.6) is 0 Å². The first-order valence-corrected chi connectivity index (χ1v) is 4.17. The predicted octanol–water partition coefficient (Wildman–Crippen LogP) is 2.96. The average Bonchev–Trinajstić information content (AvgIpc) is 1.85. The number of carbonyl (C=O) groups excluding carboxylic acids is 1. The monoisotopic (exact) mass is 212 g/mol. The van der Waals surface area contributed by atoms with Crippen LogP contribution in [0.2, 0.25) is 0 Å². The van der Waals surface area contributed by atoms with Crippen LogP contribution in [0, 0.1) is 6.92 Å². The molecule has 11 heavy (non-hydrogen) atoms. The van der Waals surface area contributed by atoms with Crippen molar-refractivity contribution >= 4 is 21.7 Å². The molecule has 0 saturated carbocycles. The van der Waals surface area contributed by atoms with Gasteiger partial charge in [-0.05, 0) is 25.5 Å². The van der Waals surface area contributed by atoms with Crippen LogP contribution in [0.1, 0.15) is 22.8 Å². The summed E-state index contributed by atoms with van der Waals surface area (Å²) in [5, 5.41) is 0. The molecule has 0 fully saturated rings. The Kier molecular flexibility index (Phi) is 2.45. The number of aryl methyl sites for hydroxylation is 1. The first-order valence-electron chi connectivity index (χ1n) is 3.38. The van der Waals surface area contributed by atoms with Gasteiger partial charge in [0.15, 0.2) is 5.78 Å². The topological polar surface area (TPSA) is 17.1 Å². The molecule has 1 rings (SSSR count). The molecule has 2 heteroatoms. The minimum Gasteiger partial charge on any atom is -0.294 e. The molecule has 0 N–H and O–H groups in total. The zero-order valence-corrected chi connectivity index (χ0v) is 8.10. The van der Waals surface area contributed by atoms with Crippen LogP contribution in [0.4, 0.5) is 0 Å². The number of carbonyl (C=O) groups is 1. The predicted molar refractivity (Wildman–Crippen MR) is 48.9 cm³/mol. The SMILES string of the molecule is CC(=O)c1ccc(C)cc1Br. The molecule has 0 aliphatic carbocycles. The van der Waals surface area contributed by atoms with Crippen molar-refractivity contribution in [2.24, 2.45) is 0 Å². The van der Waals surface area contributed by atoms with Gasteiger partial charge in [0.25, 0.3) is 0 Å². The second kappa shape index (κ2) is 3.18. The number of hydrogen-bond donors (Lipinski definition) is 0. The summed E-state index contributed by atoms with van der Waals surface area (Å²) >= 11 is 3.33. The summed E-state index contributed by atoms with van der Waals surface area (Å²) in [5.41, 5.74) is 1.90. The number of Topliss-reactive ketones (excluding diaryl/α,β-unsaturated/α-hetero) is 1. The molecule has 0 heterocycles. The molecule has 0 saturated heterocycles. The Morgan fingerprint density at radius 2 is 2.09 bits per heavy atom. The number of halogens is 1. The van der Waals surface area contributed by atoms with E-state index in [1.54, 1.807) is 6.92 Å². The maximum atomic E-state index is 10.9. The second-order valence-corrected chi connectivity index (χ2v) is 3.39. The molecule has 0 aliphatic rings. The first kappa shape index (κ1) is 8.47. The van der Waals surface area contributed by atoms with Gasteiger partial charge in [-0.15, -0.1) is 0 Å². The molecule has 1 aromatic carbocycles. The van der Waals surface area contributed by atoms with Crippen molar-refractivity contribution in [3.8, 4) is 0 Å². The molecular formula is C9H9BrO. The quantitative estimate of drug-likeness (QED) is 0.655. The Labute approximate surface area is 74.6 Å². The molecule has 1 aromatic rings. The van der Waals surface area contributed by atoms with Crippen molar-refractivity contribution in [2.75, 3.05) is 0 Å². The summed E-state index contributed by atoms with van der Waals surface area (Å²) in [5.74, 6) is 0.0943. The minimum atomic E-state index is 0.0943. The van der Waals surface area contributed by atoms with Crippen molar-refractivity contribution < 1.29 is 4.79 Å². The van der Waals surface area contributed by atoms with E-state index in [4.69, 9.17) is 0 Å². The van der Waals surface area contributed by atoms with E-state index in [-0.39, 0.29) is 5.78 Å². The van der Waals surface area contributed by atoms with E-state index in [9.17, 15) is 4.79 Å². The normalized spacial score (nSPS) is 9.73. The molecule has 0 aromatic heterocycles. The lowest BCUT2D eigenvalue weighted by Gasteiger charge is -1.99. The van der Waals surface area contributed by atoms with Gasteiger partial charge in [-0.3, -0.25) is 4.79 Å². The van der Waals surface area contributed by atoms with E-state index in [0.717, 1.165) is 15.6 Å². The van der Waals surface area contributed by atoms with Crippen LogP contribution < -0.4 is 0 Å². The highest BCUT2D eigenvalue weighted by Gasteiger charge is 2.03. The van der Waals surface area contributed by atoms with Gasteiger partial charge in [0.1, 0.15) is 0 Å². The molecule has 0 amide bonds. The van der Waals surface area contributed by atoms with E-state index >= 15 is 0 Å². The van der Waals surface area contributed by atoms with E-state index in [1.807, 2.05) is 25.1 Å². The summed E-state index contributed by atoms with van der Waals surface area (Å²) in [6.45, 7) is 3.56. The zero-order valence-electron chi connectivity index (χ0n) is 6.52. The number of benzene rings is 1. The van der Waals surface area contributed by atoms with E-state index in [2.05, 4.69) is 15.9 Å². The van der Waals surface area contributed by atoms with E-state index < -0.39 is 0 Å². The molecule has 0 aliphatic heterocycles. The summed E-state index contributed by atoms with van der Waals surface area (Å²) in [6.07, 6.45) is 0. The first-order chi connectivity index (χ1) is 5.11. The van der Waals surface area contributed by atoms with Gasteiger partial charge in [-0.2, -0.15) is 0 Å². The summed E-state index contributed by atoms with van der Waals surface area (Å²) in [4.78, 5) is 10.9. The molecular weight excluding hydrogens is 204 g/mol. The van der Waals surface area contributed by atoms with Crippen LogP contribution in [0.3, 0.4) is 0 Å². The fourth-order valence-electron chi connectivity index (χ4n) is 0.906. The highest BCUT2D eigenvalue weighted by molar-refractivity contribution is 9.10. The standard InChI is InChI=1S/C9H9BrO/c1-6-3-4-8(7(2)11)9(10)5-6/h3-5H,1-2H3. The Bertz CT molecular complexity index is 292. The third kappa shape index (κ3) is 1.90. The van der Waals surface area contributed by atoms with Crippen molar-refractivity contribution in [1.29, 1.82) is 0 Å². The third-order valence-electron chi connectivity index (χ3n) is 1.50. The molecule has 0 bridgehead atoms. The number of rotatable bonds is 1. The average molecular weight is 213 g/mol. The van der Waals surface area contributed by atoms with Crippen molar-refractivity contribution in [1.82, 2.24) is 0 Å². The van der Waals surface area contributed by atoms with Gasteiger partial charge in [0.05, 0.1) is 0 Å². The van der Waals surface area contributed by atoms with Gasteiger partial charge in [0.2, 0.25) is 0 Å². The van der Waals surface area contributed by atoms with Gasteiger partial charge < -0.3 is 0 Å². The number of hydrogen-bond acceptors (Lipinski definition) is 1. The lowest BCUT2D eigenvalue weighted by molar-refractivity contribution is 0.101. The van der Waals surface area contributed by atoms with Crippen molar-refractivity contribution in [3.05, 3.63) is 33.8 Å². The molecule has 0 spiro atoms. The third-order valence-corrected chi connectivity index (χ3v) is 2.16. The Hall–Kier alpha value is -0.630. The Morgan fingerprint density at radius 1 is 1.45 bits per heavy atom. The van der Waals surface area contributed by atoms with Crippen LogP contribution in [0.25, 0.3) is 0 Å². The molecule has 0 radical (unpaired) electrons. The maximum Gasteiger partial charge on any atom is 0.160 e.